The van der Waals surface area contributed by atoms with Crippen molar-refractivity contribution in [3.63, 3.8) is 0 Å². The summed E-state index contributed by atoms with van der Waals surface area (Å²) < 4.78 is 15.7. The van der Waals surface area contributed by atoms with Crippen LogP contribution in [0.1, 0.15) is 47.0 Å². The van der Waals surface area contributed by atoms with Gasteiger partial charge in [0.15, 0.2) is 0 Å². The molecule has 1 fully saturated rings. The maximum atomic E-state index is 11.9. The van der Waals surface area contributed by atoms with Gasteiger partial charge < -0.3 is 19.5 Å². The molecule has 0 radical (unpaired) electrons. The molecular weight excluding hydrogens is 274 g/mol. The zero-order valence-electron chi connectivity index (χ0n) is 13.6. The molecule has 1 aliphatic rings. The molecule has 1 rings (SSSR count). The van der Waals surface area contributed by atoms with Crippen molar-refractivity contribution in [1.82, 2.24) is 5.32 Å². The summed E-state index contributed by atoms with van der Waals surface area (Å²) in [4.78, 5) is 23.7. The Labute approximate surface area is 126 Å². The largest absolute Gasteiger partial charge is 0.466 e. The van der Waals surface area contributed by atoms with Crippen LogP contribution < -0.4 is 5.32 Å². The molecule has 6 nitrogen and oxygen atoms in total. The number of nitrogens with one attached hydrogen (secondary N) is 1. The highest BCUT2D eigenvalue weighted by molar-refractivity contribution is 5.73. The van der Waals surface area contributed by atoms with Crippen molar-refractivity contribution in [2.75, 3.05) is 13.7 Å². The van der Waals surface area contributed by atoms with E-state index in [1.54, 1.807) is 14.0 Å². The molecule has 1 aliphatic carbocycles. The SMILES string of the molecule is CCOC(=O)[C@H]1CC[C@@H](OC)[C@H](NC(=O)OC(C)(C)C)C1. The second-order valence-electron chi connectivity index (χ2n) is 6.29. The minimum absolute atomic E-state index is 0.108. The lowest BCUT2D eigenvalue weighted by atomic mass is 9.83. The Balaban J connectivity index is 2.62. The number of esters is 1. The highest BCUT2D eigenvalue weighted by Gasteiger charge is 2.36. The van der Waals surface area contributed by atoms with E-state index < -0.39 is 11.7 Å². The van der Waals surface area contributed by atoms with E-state index in [0.717, 1.165) is 0 Å². The summed E-state index contributed by atoms with van der Waals surface area (Å²) in [7, 11) is 1.61. The van der Waals surface area contributed by atoms with Crippen LogP contribution in [0.15, 0.2) is 0 Å². The third-order valence-corrected chi connectivity index (χ3v) is 3.41. The maximum Gasteiger partial charge on any atom is 0.407 e. The van der Waals surface area contributed by atoms with Crippen LogP contribution in [0.3, 0.4) is 0 Å². The average molecular weight is 301 g/mol. The van der Waals surface area contributed by atoms with E-state index >= 15 is 0 Å². The monoisotopic (exact) mass is 301 g/mol. The van der Waals surface area contributed by atoms with Crippen LogP contribution in [-0.4, -0.2) is 43.5 Å². The topological polar surface area (TPSA) is 73.9 Å². The molecule has 0 aromatic heterocycles. The summed E-state index contributed by atoms with van der Waals surface area (Å²) in [6.45, 7) is 7.58. The quantitative estimate of drug-likeness (QED) is 0.806. The molecule has 0 aromatic rings. The molecule has 0 spiro atoms. The Bertz CT molecular complexity index is 364. The Hall–Kier alpha value is -1.30. The Morgan fingerprint density at radius 2 is 1.90 bits per heavy atom. The molecule has 0 aromatic carbocycles. The van der Waals surface area contributed by atoms with Crippen LogP contribution in [-0.2, 0) is 19.0 Å². The van der Waals surface area contributed by atoms with Crippen LogP contribution in [0.2, 0.25) is 0 Å². The summed E-state index contributed by atoms with van der Waals surface area (Å²) >= 11 is 0. The highest BCUT2D eigenvalue weighted by Crippen LogP contribution is 2.27. The molecule has 1 amide bonds. The van der Waals surface area contributed by atoms with Gasteiger partial charge in [-0.2, -0.15) is 0 Å². The fraction of sp³-hybridized carbons (Fsp3) is 0.867. The van der Waals surface area contributed by atoms with Gasteiger partial charge in [-0.15, -0.1) is 0 Å². The van der Waals surface area contributed by atoms with E-state index in [1.807, 2.05) is 20.8 Å². The summed E-state index contributed by atoms with van der Waals surface area (Å²) in [6, 6.07) is -0.243. The smallest absolute Gasteiger partial charge is 0.407 e. The first-order valence-corrected chi connectivity index (χ1v) is 7.45. The number of alkyl carbamates (subject to hydrolysis) is 1. The van der Waals surface area contributed by atoms with E-state index in [1.165, 1.54) is 0 Å². The number of hydrogen-bond acceptors (Lipinski definition) is 5. The van der Waals surface area contributed by atoms with Crippen LogP contribution in [0.4, 0.5) is 4.79 Å². The molecule has 0 unspecified atom stereocenters. The number of methoxy groups -OCH3 is 1. The van der Waals surface area contributed by atoms with Crippen molar-refractivity contribution in [2.45, 2.75) is 64.7 Å². The number of amides is 1. The molecule has 0 saturated heterocycles. The standard InChI is InChI=1S/C15H27NO5/c1-6-20-13(17)10-7-8-12(19-5)11(9-10)16-14(18)21-15(2,3)4/h10-12H,6-9H2,1-5H3,(H,16,18)/t10-,11+,12+/m0/s1. The van der Waals surface area contributed by atoms with Crippen LogP contribution >= 0.6 is 0 Å². The second-order valence-corrected chi connectivity index (χ2v) is 6.29. The van der Waals surface area contributed by atoms with Crippen molar-refractivity contribution >= 4 is 12.1 Å². The van der Waals surface area contributed by atoms with Crippen LogP contribution in [0.25, 0.3) is 0 Å². The van der Waals surface area contributed by atoms with Gasteiger partial charge in [0.1, 0.15) is 5.60 Å². The summed E-state index contributed by atoms with van der Waals surface area (Å²) in [5.74, 6) is -0.403. The first kappa shape index (κ1) is 17.8. The molecule has 0 heterocycles. The van der Waals surface area contributed by atoms with Crippen molar-refractivity contribution < 1.29 is 23.8 Å². The molecule has 0 aliphatic heterocycles. The van der Waals surface area contributed by atoms with E-state index in [9.17, 15) is 9.59 Å². The number of carbonyl (C=O) groups is 2. The van der Waals surface area contributed by atoms with Crippen LogP contribution in [0.5, 0.6) is 0 Å². The van der Waals surface area contributed by atoms with Gasteiger partial charge in [0.2, 0.25) is 0 Å². The normalized spacial score (nSPS) is 26.0. The molecule has 6 heteroatoms. The average Bonchev–Trinajstić information content (AvgIpc) is 2.36. The summed E-state index contributed by atoms with van der Waals surface area (Å²) in [5.41, 5.74) is -0.554. The number of rotatable bonds is 4. The number of ether oxygens (including phenoxy) is 3. The van der Waals surface area contributed by atoms with E-state index in [0.29, 0.717) is 25.9 Å². The van der Waals surface area contributed by atoms with Crippen molar-refractivity contribution in [2.24, 2.45) is 5.92 Å². The minimum atomic E-state index is -0.554. The predicted molar refractivity (Wildman–Crippen MR) is 77.9 cm³/mol. The molecule has 21 heavy (non-hydrogen) atoms. The fourth-order valence-corrected chi connectivity index (χ4v) is 2.51. The van der Waals surface area contributed by atoms with Crippen molar-refractivity contribution in [3.8, 4) is 0 Å². The molecular formula is C15H27NO5. The summed E-state index contributed by atoms with van der Waals surface area (Å²) in [6.07, 6.45) is 1.34. The Kier molecular flexibility index (Phi) is 6.45. The molecule has 3 atom stereocenters. The molecule has 1 saturated carbocycles. The van der Waals surface area contributed by atoms with Gasteiger partial charge in [-0.1, -0.05) is 0 Å². The Morgan fingerprint density at radius 1 is 1.24 bits per heavy atom. The van der Waals surface area contributed by atoms with Gasteiger partial charge in [-0.3, -0.25) is 4.79 Å². The predicted octanol–water partition coefficient (Wildman–Crippen LogP) is 2.26. The Morgan fingerprint density at radius 3 is 2.43 bits per heavy atom. The number of hydrogen-bond donors (Lipinski definition) is 1. The van der Waals surface area contributed by atoms with Gasteiger partial charge in [0.05, 0.1) is 24.7 Å². The van der Waals surface area contributed by atoms with Crippen molar-refractivity contribution in [3.05, 3.63) is 0 Å². The van der Waals surface area contributed by atoms with E-state index in [4.69, 9.17) is 14.2 Å². The minimum Gasteiger partial charge on any atom is -0.466 e. The van der Waals surface area contributed by atoms with Crippen molar-refractivity contribution in [1.29, 1.82) is 0 Å². The molecule has 0 bridgehead atoms. The van der Waals surface area contributed by atoms with E-state index in [-0.39, 0.29) is 24.0 Å². The van der Waals surface area contributed by atoms with Crippen LogP contribution in [0, 0.1) is 5.92 Å². The second kappa shape index (κ2) is 7.64. The zero-order chi connectivity index (χ0) is 16.0. The van der Waals surface area contributed by atoms with Gasteiger partial charge in [0, 0.05) is 7.11 Å². The lowest BCUT2D eigenvalue weighted by molar-refractivity contribution is -0.150. The van der Waals surface area contributed by atoms with Gasteiger partial charge in [-0.25, -0.2) is 4.79 Å². The van der Waals surface area contributed by atoms with Gasteiger partial charge in [0.25, 0.3) is 0 Å². The maximum absolute atomic E-state index is 11.9. The first-order valence-electron chi connectivity index (χ1n) is 7.45. The molecule has 1 N–H and O–H groups in total. The third kappa shape index (κ3) is 5.91. The van der Waals surface area contributed by atoms with Gasteiger partial charge >= 0.3 is 12.1 Å². The first-order chi connectivity index (χ1) is 9.76. The van der Waals surface area contributed by atoms with E-state index in [2.05, 4.69) is 5.32 Å². The highest BCUT2D eigenvalue weighted by atomic mass is 16.6. The lowest BCUT2D eigenvalue weighted by Crippen LogP contribution is -2.50. The number of carbonyl (C=O) groups excluding carboxylic acids is 2. The van der Waals surface area contributed by atoms with Gasteiger partial charge in [-0.05, 0) is 47.0 Å². The lowest BCUT2D eigenvalue weighted by Gasteiger charge is -2.35. The zero-order valence-corrected chi connectivity index (χ0v) is 13.6. The fourth-order valence-electron chi connectivity index (χ4n) is 2.51. The summed E-state index contributed by atoms with van der Waals surface area (Å²) in [5, 5.41) is 2.81. The third-order valence-electron chi connectivity index (χ3n) is 3.41. The molecule has 122 valence electrons.